The summed E-state index contributed by atoms with van der Waals surface area (Å²) in [5, 5.41) is 9.85. The Morgan fingerprint density at radius 2 is 1.75 bits per heavy atom. The van der Waals surface area contributed by atoms with Crippen LogP contribution in [-0.2, 0) is 16.6 Å². The summed E-state index contributed by atoms with van der Waals surface area (Å²) in [5.74, 6) is 1.29. The first kappa shape index (κ1) is 29.4. The fraction of sp³-hybridized carbons (Fsp3) is 0.367. The van der Waals surface area contributed by atoms with Gasteiger partial charge in [-0.1, -0.05) is 43.3 Å². The summed E-state index contributed by atoms with van der Waals surface area (Å²) in [6.07, 6.45) is 0.690. The van der Waals surface area contributed by atoms with Crippen molar-refractivity contribution >= 4 is 21.6 Å². The molecule has 0 saturated carbocycles. The van der Waals surface area contributed by atoms with Crippen molar-refractivity contribution in [1.82, 2.24) is 9.80 Å². The van der Waals surface area contributed by atoms with Crippen LogP contribution in [0.5, 0.6) is 17.2 Å². The molecule has 1 aliphatic rings. The molecule has 0 fully saturated rings. The van der Waals surface area contributed by atoms with Gasteiger partial charge < -0.3 is 19.5 Å². The first-order valence-corrected chi connectivity index (χ1v) is 15.1. The van der Waals surface area contributed by atoms with Gasteiger partial charge in [0.1, 0.15) is 17.6 Å². The lowest BCUT2D eigenvalue weighted by Gasteiger charge is -2.38. The van der Waals surface area contributed by atoms with Crippen LogP contribution in [0.2, 0.25) is 0 Å². The third-order valence-electron chi connectivity index (χ3n) is 6.83. The van der Waals surface area contributed by atoms with Crippen molar-refractivity contribution in [1.29, 1.82) is 0 Å². The van der Waals surface area contributed by atoms with Gasteiger partial charge in [-0.05, 0) is 55.9 Å². The third-order valence-corrected chi connectivity index (χ3v) is 7.42. The minimum absolute atomic E-state index is 0.110. The van der Waals surface area contributed by atoms with Crippen molar-refractivity contribution in [2.24, 2.45) is 5.92 Å². The zero-order valence-electron chi connectivity index (χ0n) is 23.3. The van der Waals surface area contributed by atoms with Gasteiger partial charge in [0.05, 0.1) is 30.2 Å². The molecule has 10 heteroatoms. The Labute approximate surface area is 236 Å². The summed E-state index contributed by atoms with van der Waals surface area (Å²) in [7, 11) is -1.63. The monoisotopic (exact) mass is 567 g/mol. The Hall–Kier alpha value is -3.60. The molecule has 0 saturated heterocycles. The molecule has 2 N–H and O–H groups in total. The number of carbonyl (C=O) groups is 1. The first-order chi connectivity index (χ1) is 19.0. The quantitative estimate of drug-likeness (QED) is 0.378. The number of rotatable bonds is 10. The Morgan fingerprint density at radius 1 is 1.07 bits per heavy atom. The van der Waals surface area contributed by atoms with Crippen LogP contribution < -0.4 is 14.2 Å². The Morgan fingerprint density at radius 3 is 2.40 bits per heavy atom. The Balaban J connectivity index is 1.54. The topological polar surface area (TPSA) is 108 Å². The lowest BCUT2D eigenvalue weighted by Crippen LogP contribution is -2.49. The van der Waals surface area contributed by atoms with E-state index in [0.29, 0.717) is 19.6 Å². The Kier molecular flexibility index (Phi) is 9.34. The molecule has 1 amide bonds. The molecule has 0 aliphatic carbocycles. The highest BCUT2D eigenvalue weighted by Gasteiger charge is 2.34. The van der Waals surface area contributed by atoms with Crippen LogP contribution in [0, 0.1) is 5.92 Å². The largest absolute Gasteiger partial charge is 0.486 e. The van der Waals surface area contributed by atoms with Gasteiger partial charge in [0.2, 0.25) is 10.0 Å². The summed E-state index contributed by atoms with van der Waals surface area (Å²) in [4.78, 5) is 17.3. The molecule has 0 bridgehead atoms. The van der Waals surface area contributed by atoms with Crippen molar-refractivity contribution in [2.75, 3.05) is 37.7 Å². The molecule has 9 nitrogen and oxygen atoms in total. The lowest BCUT2D eigenvalue weighted by molar-refractivity contribution is 0.0344. The maximum Gasteiger partial charge on any atom is 0.258 e. The number of aliphatic hydroxyl groups excluding tert-OH is 1. The van der Waals surface area contributed by atoms with Crippen molar-refractivity contribution in [2.45, 2.75) is 32.5 Å². The molecule has 0 unspecified atom stereocenters. The number of amides is 1. The summed E-state index contributed by atoms with van der Waals surface area (Å²) < 4.78 is 39.0. The molecule has 40 heavy (non-hydrogen) atoms. The van der Waals surface area contributed by atoms with Crippen LogP contribution in [-0.4, -0.2) is 74.4 Å². The van der Waals surface area contributed by atoms with Gasteiger partial charge >= 0.3 is 0 Å². The van der Waals surface area contributed by atoms with E-state index in [1.807, 2.05) is 68.6 Å². The van der Waals surface area contributed by atoms with Crippen LogP contribution in [0.25, 0.3) is 0 Å². The number of benzene rings is 3. The predicted octanol–water partition coefficient (Wildman–Crippen LogP) is 4.20. The van der Waals surface area contributed by atoms with E-state index in [1.165, 1.54) is 0 Å². The number of para-hydroxylation sites is 2. The summed E-state index contributed by atoms with van der Waals surface area (Å²) in [5.41, 5.74) is 1.55. The molecular formula is C30H37N3O6S. The van der Waals surface area contributed by atoms with Gasteiger partial charge in [0, 0.05) is 25.6 Å². The number of fused-ring (bicyclic) bond motifs is 1. The number of likely N-dealkylation sites (N-methyl/N-ethyl adjacent to an activating group) is 1. The van der Waals surface area contributed by atoms with Crippen molar-refractivity contribution in [3.05, 3.63) is 83.9 Å². The predicted molar refractivity (Wildman–Crippen MR) is 155 cm³/mol. The summed E-state index contributed by atoms with van der Waals surface area (Å²) in [6.45, 7) is 5.14. The van der Waals surface area contributed by atoms with E-state index in [-0.39, 0.29) is 41.5 Å². The molecule has 0 aromatic heterocycles. The number of nitrogens with zero attached hydrogens (tertiary/aromatic N) is 2. The lowest BCUT2D eigenvalue weighted by atomic mass is 9.99. The summed E-state index contributed by atoms with van der Waals surface area (Å²) in [6, 6.07) is 21.9. The fourth-order valence-corrected chi connectivity index (χ4v) is 5.27. The number of ether oxygens (including phenoxy) is 2. The minimum atomic E-state index is -3.62. The molecule has 3 aromatic rings. The average Bonchev–Trinajstić information content (AvgIpc) is 2.91. The van der Waals surface area contributed by atoms with E-state index in [4.69, 9.17) is 9.47 Å². The van der Waals surface area contributed by atoms with Gasteiger partial charge in [-0.15, -0.1) is 0 Å². The van der Waals surface area contributed by atoms with Gasteiger partial charge in [-0.3, -0.25) is 14.4 Å². The molecular weight excluding hydrogens is 530 g/mol. The normalized spacial score (nSPS) is 18.4. The average molecular weight is 568 g/mol. The van der Waals surface area contributed by atoms with Crippen LogP contribution >= 0.6 is 0 Å². The summed E-state index contributed by atoms with van der Waals surface area (Å²) >= 11 is 0. The minimum Gasteiger partial charge on any atom is -0.486 e. The third kappa shape index (κ3) is 7.53. The second kappa shape index (κ2) is 12.7. The smallest absolute Gasteiger partial charge is 0.258 e. The van der Waals surface area contributed by atoms with Crippen LogP contribution in [0.4, 0.5) is 5.69 Å². The van der Waals surface area contributed by atoms with E-state index < -0.39 is 16.1 Å². The first-order valence-electron chi connectivity index (χ1n) is 13.2. The van der Waals surface area contributed by atoms with Crippen LogP contribution in [0.1, 0.15) is 29.8 Å². The second-order valence-electron chi connectivity index (χ2n) is 10.4. The van der Waals surface area contributed by atoms with Gasteiger partial charge in [-0.25, -0.2) is 8.42 Å². The zero-order valence-corrected chi connectivity index (χ0v) is 24.1. The SMILES string of the molecule is C[C@@H]1CN([C@@H](C)CO)C(=O)c2cccc(NS(C)(=O)=O)c2O[C@@H]1CN(C)Cc1ccc(Oc2ccccc2)cc1. The van der Waals surface area contributed by atoms with Gasteiger partial charge in [-0.2, -0.15) is 0 Å². The maximum atomic E-state index is 13.5. The number of carbonyl (C=O) groups excluding carboxylic acids is 1. The number of sulfonamides is 1. The number of hydrogen-bond donors (Lipinski definition) is 2. The zero-order chi connectivity index (χ0) is 28.9. The molecule has 3 atom stereocenters. The molecule has 3 aromatic carbocycles. The highest BCUT2D eigenvalue weighted by molar-refractivity contribution is 7.92. The van der Waals surface area contributed by atoms with E-state index in [1.54, 1.807) is 30.0 Å². The van der Waals surface area contributed by atoms with Gasteiger partial charge in [0.25, 0.3) is 5.91 Å². The van der Waals surface area contributed by atoms with Crippen LogP contribution in [0.15, 0.2) is 72.8 Å². The van der Waals surface area contributed by atoms with Crippen molar-refractivity contribution < 1.29 is 27.8 Å². The number of aliphatic hydroxyl groups is 1. The standard InChI is InChI=1S/C30H37N3O6S/c1-21-17-33(22(2)20-34)30(35)26-11-8-12-27(31-40(4,36)37)29(26)39-28(21)19-32(3)18-23-13-15-25(16-14-23)38-24-9-6-5-7-10-24/h5-16,21-22,28,31,34H,17-20H2,1-4H3/t21-,22+,28-/m1/s1. The molecule has 214 valence electrons. The fourth-order valence-electron chi connectivity index (χ4n) is 4.71. The Bertz CT molecular complexity index is 1400. The van der Waals surface area contributed by atoms with Crippen molar-refractivity contribution in [3.63, 3.8) is 0 Å². The van der Waals surface area contributed by atoms with Crippen molar-refractivity contribution in [3.8, 4) is 17.2 Å². The van der Waals surface area contributed by atoms with E-state index in [9.17, 15) is 18.3 Å². The highest BCUT2D eigenvalue weighted by Crippen LogP contribution is 2.35. The van der Waals surface area contributed by atoms with E-state index >= 15 is 0 Å². The number of anilines is 1. The maximum absolute atomic E-state index is 13.5. The second-order valence-corrected chi connectivity index (χ2v) is 12.2. The number of nitrogens with one attached hydrogen (secondary N) is 1. The number of hydrogen-bond acceptors (Lipinski definition) is 7. The molecule has 1 aliphatic heterocycles. The molecule has 0 spiro atoms. The van der Waals surface area contributed by atoms with E-state index in [2.05, 4.69) is 9.62 Å². The molecule has 1 heterocycles. The van der Waals surface area contributed by atoms with E-state index in [0.717, 1.165) is 23.3 Å². The van der Waals surface area contributed by atoms with Crippen LogP contribution in [0.3, 0.4) is 0 Å². The highest BCUT2D eigenvalue weighted by atomic mass is 32.2. The van der Waals surface area contributed by atoms with Gasteiger partial charge in [0.15, 0.2) is 5.75 Å². The molecule has 4 rings (SSSR count). The molecule has 0 radical (unpaired) electrons.